The van der Waals surface area contributed by atoms with E-state index in [-0.39, 0.29) is 1.43 Å². The molecule has 0 bridgehead atoms. The van der Waals surface area contributed by atoms with Gasteiger partial charge in [0.15, 0.2) is 0 Å². The van der Waals surface area contributed by atoms with Gasteiger partial charge in [-0.15, -0.1) is 0 Å². The van der Waals surface area contributed by atoms with Crippen LogP contribution in [0.1, 0.15) is 1.43 Å². The van der Waals surface area contributed by atoms with Gasteiger partial charge < -0.3 is 10.2 Å². The third-order valence-corrected chi connectivity index (χ3v) is 0. The van der Waals surface area contributed by atoms with Gasteiger partial charge in [-0.1, -0.05) is 0 Å². The topological polar surface area (TPSA) is 57.5 Å². The molecule has 0 aliphatic heterocycles. The van der Waals surface area contributed by atoms with Gasteiger partial charge in [0.1, 0.15) is 0 Å². The maximum Gasteiger partial charge on any atom is 0.503 e. The summed E-state index contributed by atoms with van der Waals surface area (Å²) >= 11 is 0. The molecule has 2 N–H and O–H groups in total. The highest BCUT2D eigenvalue weighted by Gasteiger charge is 1.70. The lowest BCUT2D eigenvalue weighted by Crippen LogP contribution is -1.81. The van der Waals surface area contributed by atoms with Gasteiger partial charge in [-0.2, -0.15) is 0 Å². The second-order valence-corrected chi connectivity index (χ2v) is 0.283. The zero-order valence-corrected chi connectivity index (χ0v) is 1.80. The lowest BCUT2D eigenvalue weighted by Gasteiger charge is -1.60. The molecule has 0 aliphatic carbocycles. The summed E-state index contributed by atoms with van der Waals surface area (Å²) in [5.41, 5.74) is 0. The molecule has 3 heteroatoms. The van der Waals surface area contributed by atoms with Crippen molar-refractivity contribution in [2.45, 2.75) is 0 Å². The maximum atomic E-state index is 8.56. The Balaban J connectivity index is 0. The van der Waals surface area contributed by atoms with Crippen LogP contribution in [0.3, 0.4) is 0 Å². The molecule has 0 aromatic heterocycles. The molecule has 0 heterocycles. The van der Waals surface area contributed by atoms with Gasteiger partial charge in [-0.25, -0.2) is 4.79 Å². The van der Waals surface area contributed by atoms with Crippen molar-refractivity contribution in [2.75, 3.05) is 0 Å². The van der Waals surface area contributed by atoms with Crippen LogP contribution in [-0.4, -0.2) is 16.4 Å². The zero-order valence-electron chi connectivity index (χ0n) is 2.80. The summed E-state index contributed by atoms with van der Waals surface area (Å²) < 4.78 is 0. The molecule has 0 spiro atoms. The van der Waals surface area contributed by atoms with Crippen LogP contribution in [0.5, 0.6) is 0 Å². The molecular formula is CH3O3. The number of carbonyl (C=O) groups is 1. The smallest absolute Gasteiger partial charge is 0.450 e. The summed E-state index contributed by atoms with van der Waals surface area (Å²) in [5.74, 6) is 0. The van der Waals surface area contributed by atoms with Crippen molar-refractivity contribution >= 4 is 6.16 Å². The molecule has 0 aromatic rings. The van der Waals surface area contributed by atoms with E-state index in [9.17, 15) is 0 Å². The van der Waals surface area contributed by atoms with Gasteiger partial charge in [0, 0.05) is 1.43 Å². The standard InChI is InChI=1S/CH2O3.H/c2-1(3)4;/h(H2,2,3,4);. The fourth-order valence-corrected chi connectivity index (χ4v) is 0. The van der Waals surface area contributed by atoms with Crippen molar-refractivity contribution in [3.8, 4) is 0 Å². The Bertz CT molecular complexity index is 29.9. The van der Waals surface area contributed by atoms with E-state index in [0.717, 1.165) is 0 Å². The minimum absolute atomic E-state index is 0. The predicted octanol–water partition coefficient (Wildman–Crippen LogP) is 0.335. The van der Waals surface area contributed by atoms with E-state index in [2.05, 4.69) is 0 Å². The molecule has 0 amide bonds. The zero-order chi connectivity index (χ0) is 3.58. The van der Waals surface area contributed by atoms with Gasteiger partial charge in [-0.3, -0.25) is 0 Å². The van der Waals surface area contributed by atoms with Crippen LogP contribution in [0.25, 0.3) is 0 Å². The molecule has 0 aliphatic rings. The first-order chi connectivity index (χ1) is 1.73. The van der Waals surface area contributed by atoms with Crippen LogP contribution >= 0.6 is 0 Å². The van der Waals surface area contributed by atoms with Crippen LogP contribution in [-0.2, 0) is 0 Å². The quantitative estimate of drug-likeness (QED) is 0.426. The average molecular weight is 63.0 g/mol. The molecule has 1 radical (unpaired) electrons. The number of carboxylic acid groups (broad SMARTS) is 2. The number of rotatable bonds is 0. The van der Waals surface area contributed by atoms with Crippen molar-refractivity contribution in [1.29, 1.82) is 0 Å². The molecule has 25 valence electrons. The summed E-state index contributed by atoms with van der Waals surface area (Å²) in [6.45, 7) is 0. The molecule has 0 unspecified atom stereocenters. The van der Waals surface area contributed by atoms with E-state index >= 15 is 0 Å². The summed E-state index contributed by atoms with van der Waals surface area (Å²) in [6, 6.07) is 0. The van der Waals surface area contributed by atoms with Crippen LogP contribution < -0.4 is 0 Å². The highest BCUT2D eigenvalue weighted by molar-refractivity contribution is 5.53. The Labute approximate surface area is 24.0 Å². The monoisotopic (exact) mass is 63.0 g/mol. The van der Waals surface area contributed by atoms with Crippen molar-refractivity contribution < 1.29 is 16.4 Å². The first-order valence-electron chi connectivity index (χ1n) is 0.651. The Kier molecular flexibility index (Phi) is 0.581. The molecule has 0 saturated heterocycles. The lowest BCUT2D eigenvalue weighted by atomic mass is 11.5. The third kappa shape index (κ3) is 0.174. The van der Waals surface area contributed by atoms with Gasteiger partial charge in [0.05, 0.1) is 0 Å². The Hall–Kier alpha value is -0.730. The van der Waals surface area contributed by atoms with Gasteiger partial charge >= 0.3 is 6.16 Å². The molecule has 0 atom stereocenters. The first kappa shape index (κ1) is 3.27. The number of hydrogen-bond donors (Lipinski definition) is 2. The fourth-order valence-electron chi connectivity index (χ4n) is 0. The highest BCUT2D eigenvalue weighted by atomic mass is 16.6. The third-order valence-electron chi connectivity index (χ3n) is 0. The van der Waals surface area contributed by atoms with E-state index in [1.807, 2.05) is 0 Å². The first-order valence-corrected chi connectivity index (χ1v) is 0.651. The van der Waals surface area contributed by atoms with E-state index in [0.29, 0.717) is 0 Å². The average Bonchev–Trinajstić information content (AvgIpc) is 0.811. The molecule has 3 nitrogen and oxygen atoms in total. The van der Waals surface area contributed by atoms with Crippen LogP contribution in [0.4, 0.5) is 4.79 Å². The number of hydrogen-bond acceptors (Lipinski definition) is 1. The van der Waals surface area contributed by atoms with E-state index < -0.39 is 6.16 Å². The van der Waals surface area contributed by atoms with Crippen molar-refractivity contribution in [3.05, 3.63) is 0 Å². The van der Waals surface area contributed by atoms with Gasteiger partial charge in [0.2, 0.25) is 0 Å². The minimum atomic E-state index is -1.83. The normalized spacial score (nSPS) is 6.00. The summed E-state index contributed by atoms with van der Waals surface area (Å²) in [6.07, 6.45) is -1.83. The van der Waals surface area contributed by atoms with Crippen molar-refractivity contribution in [1.82, 2.24) is 0 Å². The maximum absolute atomic E-state index is 8.56. The van der Waals surface area contributed by atoms with E-state index in [1.165, 1.54) is 0 Å². The van der Waals surface area contributed by atoms with E-state index in [4.69, 9.17) is 15.0 Å². The van der Waals surface area contributed by atoms with Crippen molar-refractivity contribution in [2.24, 2.45) is 0 Å². The predicted molar refractivity (Wildman–Crippen MR) is 11.8 cm³/mol. The summed E-state index contributed by atoms with van der Waals surface area (Å²) in [7, 11) is 0. The highest BCUT2D eigenvalue weighted by Crippen LogP contribution is 1.42. The molecule has 0 rings (SSSR count). The summed E-state index contributed by atoms with van der Waals surface area (Å²) in [4.78, 5) is 8.56. The largest absolute Gasteiger partial charge is 0.503 e. The lowest BCUT2D eigenvalue weighted by molar-refractivity contribution is 0.137. The van der Waals surface area contributed by atoms with Crippen LogP contribution in [0.15, 0.2) is 0 Å². The van der Waals surface area contributed by atoms with Gasteiger partial charge in [-0.05, 0) is 0 Å². The van der Waals surface area contributed by atoms with Gasteiger partial charge in [0.25, 0.3) is 0 Å². The Morgan fingerprint density at radius 1 is 1.75 bits per heavy atom. The molecule has 0 fully saturated rings. The molecule has 0 saturated carbocycles. The molecule has 0 aromatic carbocycles. The van der Waals surface area contributed by atoms with Crippen molar-refractivity contribution in [3.63, 3.8) is 0 Å². The second kappa shape index (κ2) is 0.711. The second-order valence-electron chi connectivity index (χ2n) is 0.283. The van der Waals surface area contributed by atoms with Crippen LogP contribution in [0.2, 0.25) is 0 Å². The fraction of sp³-hybridized carbons (Fsp3) is 0. The SMILES string of the molecule is O=C(O)O.[H]. The Morgan fingerprint density at radius 3 is 1.75 bits per heavy atom. The summed E-state index contributed by atoms with van der Waals surface area (Å²) in [5, 5.41) is 13.9. The minimum Gasteiger partial charge on any atom is -0.450 e. The molecule has 4 heavy (non-hydrogen) atoms. The Morgan fingerprint density at radius 2 is 1.75 bits per heavy atom. The molecular weight excluding hydrogens is 60.0 g/mol. The van der Waals surface area contributed by atoms with Crippen LogP contribution in [0, 0.1) is 0 Å². The van der Waals surface area contributed by atoms with E-state index in [1.54, 1.807) is 0 Å².